The van der Waals surface area contributed by atoms with Crippen molar-refractivity contribution in [1.29, 1.82) is 0 Å². The van der Waals surface area contributed by atoms with Crippen LogP contribution in [0.15, 0.2) is 36.5 Å². The van der Waals surface area contributed by atoms with Crippen molar-refractivity contribution < 1.29 is 15.0 Å². The molecule has 1 aromatic heterocycles. The van der Waals surface area contributed by atoms with Gasteiger partial charge in [0, 0.05) is 20.1 Å². The first-order valence-electron chi connectivity index (χ1n) is 6.27. The third-order valence-corrected chi connectivity index (χ3v) is 3.11. The number of benzene rings is 1. The summed E-state index contributed by atoms with van der Waals surface area (Å²) in [4.78, 5) is 11.0. The second-order valence-electron chi connectivity index (χ2n) is 4.49. The van der Waals surface area contributed by atoms with Crippen LogP contribution in [0, 0.1) is 0 Å². The number of aliphatic hydroxyl groups excluding tert-OH is 1. The second-order valence-corrected chi connectivity index (χ2v) is 4.49. The van der Waals surface area contributed by atoms with Gasteiger partial charge in [0.2, 0.25) is 0 Å². The van der Waals surface area contributed by atoms with Gasteiger partial charge in [-0.15, -0.1) is 0 Å². The number of rotatable bonds is 6. The molecule has 3 N–H and O–H groups in total. The molecule has 0 spiro atoms. The van der Waals surface area contributed by atoms with Crippen molar-refractivity contribution in [1.82, 2.24) is 15.1 Å². The van der Waals surface area contributed by atoms with Crippen LogP contribution >= 0.6 is 0 Å². The first kappa shape index (κ1) is 14.2. The first-order chi connectivity index (χ1) is 9.59. The van der Waals surface area contributed by atoms with Gasteiger partial charge in [-0.3, -0.25) is 4.68 Å². The third kappa shape index (κ3) is 3.23. The van der Waals surface area contributed by atoms with Crippen molar-refractivity contribution in [3.63, 3.8) is 0 Å². The van der Waals surface area contributed by atoms with E-state index in [1.807, 2.05) is 30.3 Å². The highest BCUT2D eigenvalue weighted by Crippen LogP contribution is 2.12. The second kappa shape index (κ2) is 6.31. The van der Waals surface area contributed by atoms with Crippen molar-refractivity contribution in [2.24, 2.45) is 7.05 Å². The van der Waals surface area contributed by atoms with Crippen LogP contribution in [-0.4, -0.2) is 32.5 Å². The molecule has 0 saturated carbocycles. The van der Waals surface area contributed by atoms with Crippen LogP contribution in [0.2, 0.25) is 0 Å². The molecular weight excluding hydrogens is 258 g/mol. The molecule has 0 fully saturated rings. The van der Waals surface area contributed by atoms with Crippen molar-refractivity contribution in [2.45, 2.75) is 12.6 Å². The summed E-state index contributed by atoms with van der Waals surface area (Å²) in [6, 6.07) is 9.31. The molecule has 0 aliphatic heterocycles. The van der Waals surface area contributed by atoms with Crippen LogP contribution in [0.4, 0.5) is 0 Å². The van der Waals surface area contributed by atoms with Gasteiger partial charge in [0.25, 0.3) is 0 Å². The van der Waals surface area contributed by atoms with E-state index in [2.05, 4.69) is 10.4 Å². The van der Waals surface area contributed by atoms with E-state index in [9.17, 15) is 9.90 Å². The normalized spacial score (nSPS) is 12.3. The van der Waals surface area contributed by atoms with Gasteiger partial charge in [-0.05, 0) is 5.56 Å². The van der Waals surface area contributed by atoms with E-state index in [4.69, 9.17) is 5.11 Å². The minimum atomic E-state index is -1.00. The number of carboxylic acid groups (broad SMARTS) is 1. The molecule has 0 aliphatic rings. The molecule has 20 heavy (non-hydrogen) atoms. The van der Waals surface area contributed by atoms with Crippen LogP contribution in [0.3, 0.4) is 0 Å². The first-order valence-corrected chi connectivity index (χ1v) is 6.27. The van der Waals surface area contributed by atoms with E-state index in [0.29, 0.717) is 18.8 Å². The van der Waals surface area contributed by atoms with Crippen molar-refractivity contribution in [3.8, 4) is 0 Å². The Balaban J connectivity index is 1.93. The quantitative estimate of drug-likeness (QED) is 0.730. The van der Waals surface area contributed by atoms with Gasteiger partial charge >= 0.3 is 5.97 Å². The molecule has 2 rings (SSSR count). The fourth-order valence-electron chi connectivity index (χ4n) is 1.97. The molecule has 0 radical (unpaired) electrons. The number of aromatic carboxylic acids is 1. The monoisotopic (exact) mass is 275 g/mol. The average molecular weight is 275 g/mol. The summed E-state index contributed by atoms with van der Waals surface area (Å²) in [7, 11) is 1.69. The molecule has 0 saturated heterocycles. The number of carboxylic acids is 1. The van der Waals surface area contributed by atoms with Crippen LogP contribution < -0.4 is 5.32 Å². The fourth-order valence-corrected chi connectivity index (χ4v) is 1.97. The number of aromatic nitrogens is 2. The highest BCUT2D eigenvalue weighted by Gasteiger charge is 2.15. The number of aryl methyl sites for hydroxylation is 1. The number of hydrogen-bond donors (Lipinski definition) is 3. The van der Waals surface area contributed by atoms with Crippen molar-refractivity contribution in [3.05, 3.63) is 53.3 Å². The maximum absolute atomic E-state index is 11.0. The lowest BCUT2D eigenvalue weighted by molar-refractivity contribution is 0.0695. The topological polar surface area (TPSA) is 87.4 Å². The number of hydrogen-bond acceptors (Lipinski definition) is 4. The van der Waals surface area contributed by atoms with E-state index >= 15 is 0 Å². The SMILES string of the molecule is Cn1ncc(C(=O)O)c1CNCC(O)c1ccccc1. The lowest BCUT2D eigenvalue weighted by Crippen LogP contribution is -2.23. The maximum atomic E-state index is 11.0. The zero-order valence-electron chi connectivity index (χ0n) is 11.2. The van der Waals surface area contributed by atoms with E-state index < -0.39 is 12.1 Å². The maximum Gasteiger partial charge on any atom is 0.339 e. The summed E-state index contributed by atoms with van der Waals surface area (Å²) >= 11 is 0. The number of nitrogens with one attached hydrogen (secondary N) is 1. The van der Waals surface area contributed by atoms with Gasteiger partial charge in [0.05, 0.1) is 18.0 Å². The summed E-state index contributed by atoms with van der Waals surface area (Å²) < 4.78 is 1.52. The average Bonchev–Trinajstić information content (AvgIpc) is 2.81. The zero-order chi connectivity index (χ0) is 14.5. The van der Waals surface area contributed by atoms with Crippen molar-refractivity contribution >= 4 is 5.97 Å². The lowest BCUT2D eigenvalue weighted by atomic mass is 10.1. The Morgan fingerprint density at radius 3 is 2.75 bits per heavy atom. The fraction of sp³-hybridized carbons (Fsp3) is 0.286. The van der Waals surface area contributed by atoms with E-state index in [1.165, 1.54) is 10.9 Å². The molecule has 0 bridgehead atoms. The summed E-state index contributed by atoms with van der Waals surface area (Å²) in [6.07, 6.45) is 0.699. The minimum absolute atomic E-state index is 0.175. The lowest BCUT2D eigenvalue weighted by Gasteiger charge is -2.12. The van der Waals surface area contributed by atoms with Gasteiger partial charge < -0.3 is 15.5 Å². The number of carbonyl (C=O) groups is 1. The minimum Gasteiger partial charge on any atom is -0.478 e. The summed E-state index contributed by atoms with van der Waals surface area (Å²) in [5.41, 5.74) is 1.58. The highest BCUT2D eigenvalue weighted by atomic mass is 16.4. The van der Waals surface area contributed by atoms with Gasteiger partial charge in [0.15, 0.2) is 0 Å². The largest absolute Gasteiger partial charge is 0.478 e. The van der Waals surface area contributed by atoms with Gasteiger partial charge in [-0.1, -0.05) is 30.3 Å². The molecule has 0 amide bonds. The molecule has 1 heterocycles. The van der Waals surface area contributed by atoms with Crippen LogP contribution in [0.5, 0.6) is 0 Å². The van der Waals surface area contributed by atoms with E-state index in [1.54, 1.807) is 7.05 Å². The molecule has 1 atom stereocenters. The molecule has 106 valence electrons. The number of aliphatic hydroxyl groups is 1. The van der Waals surface area contributed by atoms with Gasteiger partial charge in [0.1, 0.15) is 5.56 Å². The predicted octanol–water partition coefficient (Wildman–Crippen LogP) is 0.941. The Kier molecular flexibility index (Phi) is 4.49. The highest BCUT2D eigenvalue weighted by molar-refractivity contribution is 5.88. The standard InChI is InChI=1S/C14H17N3O3/c1-17-12(11(7-16-17)14(19)20)8-15-9-13(18)10-5-3-2-4-6-10/h2-7,13,15,18H,8-9H2,1H3,(H,19,20). The molecule has 6 nitrogen and oxygen atoms in total. The van der Waals surface area contributed by atoms with Crippen molar-refractivity contribution in [2.75, 3.05) is 6.54 Å². The summed E-state index contributed by atoms with van der Waals surface area (Å²) in [5.74, 6) is -1.00. The Morgan fingerprint density at radius 2 is 2.10 bits per heavy atom. The predicted molar refractivity (Wildman–Crippen MR) is 73.3 cm³/mol. The molecular formula is C14H17N3O3. The van der Waals surface area contributed by atoms with Gasteiger partial charge in [-0.2, -0.15) is 5.10 Å². The Labute approximate surface area is 116 Å². The smallest absolute Gasteiger partial charge is 0.339 e. The van der Waals surface area contributed by atoms with Crippen LogP contribution in [0.25, 0.3) is 0 Å². The van der Waals surface area contributed by atoms with Gasteiger partial charge in [-0.25, -0.2) is 4.79 Å². The molecule has 1 unspecified atom stereocenters. The molecule has 6 heteroatoms. The zero-order valence-corrected chi connectivity index (χ0v) is 11.2. The summed E-state index contributed by atoms with van der Waals surface area (Å²) in [6.45, 7) is 0.677. The Bertz CT molecular complexity index is 581. The third-order valence-electron chi connectivity index (χ3n) is 3.11. The molecule has 2 aromatic rings. The molecule has 1 aromatic carbocycles. The van der Waals surface area contributed by atoms with E-state index in [-0.39, 0.29) is 5.56 Å². The van der Waals surface area contributed by atoms with Crippen LogP contribution in [0.1, 0.15) is 27.7 Å². The number of nitrogens with zero attached hydrogens (tertiary/aromatic N) is 2. The Morgan fingerprint density at radius 1 is 1.40 bits per heavy atom. The Hall–Kier alpha value is -2.18. The molecule has 0 aliphatic carbocycles. The van der Waals surface area contributed by atoms with E-state index in [0.717, 1.165) is 5.56 Å². The summed E-state index contributed by atoms with van der Waals surface area (Å²) in [5, 5.41) is 26.0. The van der Waals surface area contributed by atoms with Crippen LogP contribution in [-0.2, 0) is 13.6 Å².